The molecule has 0 unspecified atom stereocenters. The van der Waals surface area contributed by atoms with E-state index in [0.717, 1.165) is 0 Å². The lowest BCUT2D eigenvalue weighted by Crippen LogP contribution is -2.15. The Kier molecular flexibility index (Phi) is 7.34. The molecule has 0 amide bonds. The van der Waals surface area contributed by atoms with E-state index in [2.05, 4.69) is 9.47 Å². The van der Waals surface area contributed by atoms with E-state index in [4.69, 9.17) is 9.11 Å². The molecule has 0 bridgehead atoms. The molecule has 12 heteroatoms. The summed E-state index contributed by atoms with van der Waals surface area (Å²) in [5.74, 6) is -3.68. The minimum absolute atomic E-state index is 0.597. The van der Waals surface area contributed by atoms with Gasteiger partial charge in [0.2, 0.25) is 0 Å². The highest BCUT2D eigenvalue weighted by atomic mass is 32.2. The summed E-state index contributed by atoms with van der Waals surface area (Å²) in [5.41, 5.74) is 0. The summed E-state index contributed by atoms with van der Waals surface area (Å²) >= 11 is 0. The first-order valence-corrected chi connectivity index (χ1v) is 8.13. The summed E-state index contributed by atoms with van der Waals surface area (Å²) < 4.78 is 66.4. The van der Waals surface area contributed by atoms with Crippen LogP contribution >= 0.6 is 0 Å². The van der Waals surface area contributed by atoms with Gasteiger partial charge in [-0.3, -0.25) is 9.11 Å². The van der Waals surface area contributed by atoms with Crippen molar-refractivity contribution >= 4 is 32.2 Å². The normalized spacial score (nSPS) is 12.3. The first-order valence-electron chi connectivity index (χ1n) is 4.91. The molecule has 0 aromatic carbocycles. The fourth-order valence-electron chi connectivity index (χ4n) is 0.727. The van der Waals surface area contributed by atoms with Crippen molar-refractivity contribution in [3.8, 4) is 0 Å². The smallest absolute Gasteiger partial charge is 0.331 e. The highest BCUT2D eigenvalue weighted by Crippen LogP contribution is 1.90. The second-order valence-electron chi connectivity index (χ2n) is 3.24. The number of carbonyl (C=O) groups is 2. The molecule has 116 valence electrons. The third-order valence-corrected chi connectivity index (χ3v) is 2.89. The summed E-state index contributed by atoms with van der Waals surface area (Å²) in [6, 6.07) is 0. The average Bonchev–Trinajstić information content (AvgIpc) is 2.22. The highest BCUT2D eigenvalue weighted by Gasteiger charge is 2.08. The summed E-state index contributed by atoms with van der Waals surface area (Å²) in [6.45, 7) is -1.19. The third-order valence-electron chi connectivity index (χ3n) is 1.53. The van der Waals surface area contributed by atoms with Gasteiger partial charge in [0.25, 0.3) is 20.2 Å². The van der Waals surface area contributed by atoms with Crippen LogP contribution in [0.5, 0.6) is 0 Å². The second-order valence-corrected chi connectivity index (χ2v) is 6.38. The van der Waals surface area contributed by atoms with Crippen LogP contribution in [0.3, 0.4) is 0 Å². The quantitative estimate of drug-likeness (QED) is 0.301. The maximum atomic E-state index is 10.9. The molecule has 0 saturated carbocycles. The van der Waals surface area contributed by atoms with E-state index >= 15 is 0 Å². The predicted octanol–water partition coefficient (Wildman–Crippen LogP) is -1.60. The topological polar surface area (TPSA) is 161 Å². The zero-order valence-electron chi connectivity index (χ0n) is 9.96. The molecule has 0 radical (unpaired) electrons. The van der Waals surface area contributed by atoms with Gasteiger partial charge >= 0.3 is 11.9 Å². The molecule has 10 nitrogen and oxygen atoms in total. The van der Waals surface area contributed by atoms with Crippen molar-refractivity contribution in [2.75, 3.05) is 24.7 Å². The Morgan fingerprint density at radius 1 is 0.800 bits per heavy atom. The molecule has 0 fully saturated rings. The summed E-state index contributed by atoms with van der Waals surface area (Å²) in [7, 11) is -8.50. The lowest BCUT2D eigenvalue weighted by molar-refractivity contribution is -0.139. The summed E-state index contributed by atoms with van der Waals surface area (Å²) in [4.78, 5) is 21.9. The molecular formula is C8H12O10S2. The van der Waals surface area contributed by atoms with Gasteiger partial charge in [0.05, 0.1) is 0 Å². The maximum absolute atomic E-state index is 10.9. The van der Waals surface area contributed by atoms with Crippen molar-refractivity contribution in [1.29, 1.82) is 0 Å². The van der Waals surface area contributed by atoms with Crippen LogP contribution in [0, 0.1) is 0 Å². The van der Waals surface area contributed by atoms with Gasteiger partial charge in [-0.2, -0.15) is 16.8 Å². The van der Waals surface area contributed by atoms with Gasteiger partial charge in [-0.1, -0.05) is 0 Å². The number of hydrogen-bond donors (Lipinski definition) is 2. The van der Waals surface area contributed by atoms with Gasteiger partial charge in [0, 0.05) is 12.2 Å². The van der Waals surface area contributed by atoms with Gasteiger partial charge in [-0.05, 0) is 0 Å². The Bertz CT molecular complexity index is 518. The third kappa shape index (κ3) is 12.9. The van der Waals surface area contributed by atoms with E-state index < -0.39 is 56.9 Å². The molecule has 0 spiro atoms. The van der Waals surface area contributed by atoms with E-state index in [1.165, 1.54) is 0 Å². The number of esters is 2. The van der Waals surface area contributed by atoms with Gasteiger partial charge < -0.3 is 9.47 Å². The molecule has 0 aromatic heterocycles. The molecule has 0 saturated heterocycles. The van der Waals surface area contributed by atoms with Crippen LogP contribution < -0.4 is 0 Å². The number of ether oxygens (including phenoxy) is 2. The Morgan fingerprint density at radius 3 is 1.35 bits per heavy atom. The molecule has 20 heavy (non-hydrogen) atoms. The van der Waals surface area contributed by atoms with E-state index in [1.807, 2.05) is 0 Å². The van der Waals surface area contributed by atoms with Crippen LogP contribution in [-0.4, -0.2) is 62.6 Å². The molecule has 0 rings (SSSR count). The summed E-state index contributed by atoms with van der Waals surface area (Å²) in [6.07, 6.45) is 1.25. The molecule has 2 N–H and O–H groups in total. The molecular weight excluding hydrogens is 320 g/mol. The van der Waals surface area contributed by atoms with Crippen molar-refractivity contribution in [3.63, 3.8) is 0 Å². The lowest BCUT2D eigenvalue weighted by atomic mass is 10.5. The standard InChI is InChI=1S/C8H12O10S2/c9-7(17-3-5-19(11,12)13)1-2-8(10)18-4-6-20(14,15)16/h1-2H,3-6H2,(H,11,12,13)(H,14,15,16)/b2-1+. The van der Waals surface area contributed by atoms with Gasteiger partial charge in [-0.15, -0.1) is 0 Å². The predicted molar refractivity (Wildman–Crippen MR) is 63.9 cm³/mol. The van der Waals surface area contributed by atoms with Crippen molar-refractivity contribution in [2.45, 2.75) is 0 Å². The van der Waals surface area contributed by atoms with Crippen molar-refractivity contribution < 1.29 is 45.0 Å². The van der Waals surface area contributed by atoms with Crippen LogP contribution in [0.2, 0.25) is 0 Å². The average molecular weight is 332 g/mol. The highest BCUT2D eigenvalue weighted by molar-refractivity contribution is 7.86. The Labute approximate surface area is 114 Å². The van der Waals surface area contributed by atoms with Gasteiger partial charge in [0.1, 0.15) is 24.7 Å². The number of hydrogen-bond acceptors (Lipinski definition) is 8. The van der Waals surface area contributed by atoms with E-state index in [1.54, 1.807) is 0 Å². The molecule has 0 heterocycles. The van der Waals surface area contributed by atoms with E-state index in [0.29, 0.717) is 12.2 Å². The number of rotatable bonds is 8. The van der Waals surface area contributed by atoms with Crippen LogP contribution in [0.1, 0.15) is 0 Å². The fourth-order valence-corrected chi connectivity index (χ4v) is 1.32. The minimum Gasteiger partial charge on any atom is -0.461 e. The monoisotopic (exact) mass is 332 g/mol. The first-order chi connectivity index (χ1) is 8.99. The molecule has 0 aliphatic rings. The van der Waals surface area contributed by atoms with Crippen molar-refractivity contribution in [2.24, 2.45) is 0 Å². The van der Waals surface area contributed by atoms with Crippen LogP contribution in [0.25, 0.3) is 0 Å². The van der Waals surface area contributed by atoms with Crippen molar-refractivity contribution in [1.82, 2.24) is 0 Å². The zero-order valence-corrected chi connectivity index (χ0v) is 11.6. The molecule has 0 aliphatic heterocycles. The Morgan fingerprint density at radius 2 is 1.10 bits per heavy atom. The van der Waals surface area contributed by atoms with Gasteiger partial charge in [-0.25, -0.2) is 9.59 Å². The second kappa shape index (κ2) is 7.94. The van der Waals surface area contributed by atoms with E-state index in [9.17, 15) is 26.4 Å². The number of carbonyl (C=O) groups excluding carboxylic acids is 2. The fraction of sp³-hybridized carbons (Fsp3) is 0.500. The molecule has 0 atom stereocenters. The van der Waals surface area contributed by atoms with Crippen LogP contribution in [0.4, 0.5) is 0 Å². The van der Waals surface area contributed by atoms with Crippen LogP contribution in [0.15, 0.2) is 12.2 Å². The largest absolute Gasteiger partial charge is 0.461 e. The first kappa shape index (κ1) is 18.5. The van der Waals surface area contributed by atoms with E-state index in [-0.39, 0.29) is 0 Å². The maximum Gasteiger partial charge on any atom is 0.331 e. The van der Waals surface area contributed by atoms with Crippen LogP contribution in [-0.2, 0) is 39.3 Å². The molecule has 0 aliphatic carbocycles. The Hall–Kier alpha value is -1.50. The summed E-state index contributed by atoms with van der Waals surface area (Å²) in [5, 5.41) is 0. The SMILES string of the molecule is O=C(/C=C/C(=O)OCCS(=O)(=O)O)OCCS(=O)(=O)O. The van der Waals surface area contributed by atoms with Gasteiger partial charge in [0.15, 0.2) is 0 Å². The van der Waals surface area contributed by atoms with Crippen molar-refractivity contribution in [3.05, 3.63) is 12.2 Å². The Balaban J connectivity index is 3.98. The zero-order chi connectivity index (χ0) is 15.8. The molecule has 0 aromatic rings. The lowest BCUT2D eigenvalue weighted by Gasteiger charge is -2.00. The minimum atomic E-state index is -4.25.